The minimum absolute atomic E-state index is 0.215. The van der Waals surface area contributed by atoms with Crippen LogP contribution in [0.15, 0.2) is 12.2 Å². The van der Waals surface area contributed by atoms with E-state index in [1.165, 1.54) is 39.2 Å². The van der Waals surface area contributed by atoms with Crippen molar-refractivity contribution in [2.75, 3.05) is 0 Å². The number of hydrogen-bond donors (Lipinski definition) is 1. The van der Waals surface area contributed by atoms with Gasteiger partial charge in [-0.2, -0.15) is 0 Å². The van der Waals surface area contributed by atoms with Gasteiger partial charge in [-0.05, 0) is 32.8 Å². The lowest BCUT2D eigenvalue weighted by atomic mass is 10.0. The summed E-state index contributed by atoms with van der Waals surface area (Å²) in [6.07, 6.45) is 9.12. The largest absolute Gasteiger partial charge is 0.382 e. The van der Waals surface area contributed by atoms with Gasteiger partial charge in [0.1, 0.15) is 5.60 Å². The SMILES string of the molecule is CCCCCC/C=C/C(=O)C(C)(C)O. The minimum atomic E-state index is -1.22. The Morgan fingerprint density at radius 3 is 2.43 bits per heavy atom. The Morgan fingerprint density at radius 2 is 1.93 bits per heavy atom. The Bertz CT molecular complexity index is 187. The molecule has 0 spiro atoms. The molecule has 0 aromatic rings. The molecule has 1 N–H and O–H groups in total. The fraction of sp³-hybridized carbons (Fsp3) is 0.750. The summed E-state index contributed by atoms with van der Waals surface area (Å²) in [4.78, 5) is 11.2. The first-order valence-electron chi connectivity index (χ1n) is 5.42. The lowest BCUT2D eigenvalue weighted by Gasteiger charge is -2.11. The monoisotopic (exact) mass is 198 g/mol. The zero-order valence-electron chi connectivity index (χ0n) is 9.55. The summed E-state index contributed by atoms with van der Waals surface area (Å²) < 4.78 is 0. The van der Waals surface area contributed by atoms with Gasteiger partial charge in [-0.3, -0.25) is 4.79 Å². The van der Waals surface area contributed by atoms with Gasteiger partial charge >= 0.3 is 0 Å². The summed E-state index contributed by atoms with van der Waals surface area (Å²) in [5, 5.41) is 9.33. The number of carbonyl (C=O) groups excluding carboxylic acids is 1. The van der Waals surface area contributed by atoms with Gasteiger partial charge in [0.2, 0.25) is 0 Å². The van der Waals surface area contributed by atoms with Crippen LogP contribution in [0.25, 0.3) is 0 Å². The van der Waals surface area contributed by atoms with Crippen LogP contribution in [0.5, 0.6) is 0 Å². The first-order chi connectivity index (χ1) is 6.48. The second kappa shape index (κ2) is 6.77. The maximum Gasteiger partial charge on any atom is 0.186 e. The van der Waals surface area contributed by atoms with Crippen molar-refractivity contribution < 1.29 is 9.90 Å². The second-order valence-corrected chi connectivity index (χ2v) is 4.17. The van der Waals surface area contributed by atoms with Gasteiger partial charge in [-0.15, -0.1) is 0 Å². The molecular weight excluding hydrogens is 176 g/mol. The van der Waals surface area contributed by atoms with Gasteiger partial charge in [-0.25, -0.2) is 0 Å². The second-order valence-electron chi connectivity index (χ2n) is 4.17. The summed E-state index contributed by atoms with van der Waals surface area (Å²) in [7, 11) is 0. The molecule has 2 nitrogen and oxygen atoms in total. The van der Waals surface area contributed by atoms with Crippen LogP contribution in [0.2, 0.25) is 0 Å². The molecule has 0 atom stereocenters. The summed E-state index contributed by atoms with van der Waals surface area (Å²) >= 11 is 0. The van der Waals surface area contributed by atoms with Crippen molar-refractivity contribution in [3.05, 3.63) is 12.2 Å². The van der Waals surface area contributed by atoms with E-state index in [9.17, 15) is 9.90 Å². The average Bonchev–Trinajstić information content (AvgIpc) is 2.09. The first-order valence-corrected chi connectivity index (χ1v) is 5.42. The molecule has 0 fully saturated rings. The van der Waals surface area contributed by atoms with Crippen molar-refractivity contribution in [1.29, 1.82) is 0 Å². The number of carbonyl (C=O) groups is 1. The fourth-order valence-electron chi connectivity index (χ4n) is 1.08. The Labute approximate surface area is 87.0 Å². The zero-order valence-corrected chi connectivity index (χ0v) is 9.55. The normalized spacial score (nSPS) is 12.3. The molecule has 0 saturated heterocycles. The third kappa shape index (κ3) is 6.84. The maximum atomic E-state index is 11.2. The predicted octanol–water partition coefficient (Wildman–Crippen LogP) is 2.85. The van der Waals surface area contributed by atoms with Crippen LogP contribution in [-0.2, 0) is 4.79 Å². The zero-order chi connectivity index (χ0) is 11.0. The maximum absolute atomic E-state index is 11.2. The van der Waals surface area contributed by atoms with Gasteiger partial charge in [0.15, 0.2) is 5.78 Å². The van der Waals surface area contributed by atoms with Gasteiger partial charge in [0.25, 0.3) is 0 Å². The van der Waals surface area contributed by atoms with Crippen molar-refractivity contribution in [2.24, 2.45) is 0 Å². The topological polar surface area (TPSA) is 37.3 Å². The van der Waals surface area contributed by atoms with Gasteiger partial charge in [-0.1, -0.05) is 32.3 Å². The Hall–Kier alpha value is -0.630. The molecule has 0 unspecified atom stereocenters. The lowest BCUT2D eigenvalue weighted by molar-refractivity contribution is -0.128. The molecule has 2 heteroatoms. The summed E-state index contributed by atoms with van der Waals surface area (Å²) in [6, 6.07) is 0. The van der Waals surface area contributed by atoms with Crippen molar-refractivity contribution in [3.63, 3.8) is 0 Å². The Kier molecular flexibility index (Phi) is 6.46. The highest BCUT2D eigenvalue weighted by Gasteiger charge is 2.20. The smallest absolute Gasteiger partial charge is 0.186 e. The van der Waals surface area contributed by atoms with Crippen molar-refractivity contribution >= 4 is 5.78 Å². The van der Waals surface area contributed by atoms with E-state index in [1.54, 1.807) is 0 Å². The lowest BCUT2D eigenvalue weighted by Crippen LogP contribution is -2.29. The highest BCUT2D eigenvalue weighted by Crippen LogP contribution is 2.06. The van der Waals surface area contributed by atoms with E-state index in [2.05, 4.69) is 6.92 Å². The highest BCUT2D eigenvalue weighted by atomic mass is 16.3. The van der Waals surface area contributed by atoms with E-state index in [1.807, 2.05) is 6.08 Å². The van der Waals surface area contributed by atoms with E-state index in [-0.39, 0.29) is 5.78 Å². The molecule has 0 aliphatic heterocycles. The number of unbranched alkanes of at least 4 members (excludes halogenated alkanes) is 4. The van der Waals surface area contributed by atoms with Gasteiger partial charge in [0.05, 0.1) is 0 Å². The average molecular weight is 198 g/mol. The summed E-state index contributed by atoms with van der Waals surface area (Å²) in [6.45, 7) is 5.20. The van der Waals surface area contributed by atoms with Crippen LogP contribution in [-0.4, -0.2) is 16.5 Å². The molecular formula is C12H22O2. The van der Waals surface area contributed by atoms with E-state index in [0.29, 0.717) is 0 Å². The van der Waals surface area contributed by atoms with Crippen LogP contribution in [0.1, 0.15) is 52.9 Å². The molecule has 0 bridgehead atoms. The number of allylic oxidation sites excluding steroid dienone is 1. The van der Waals surface area contributed by atoms with Crippen molar-refractivity contribution in [1.82, 2.24) is 0 Å². The van der Waals surface area contributed by atoms with E-state index in [0.717, 1.165) is 12.8 Å². The van der Waals surface area contributed by atoms with Gasteiger partial charge < -0.3 is 5.11 Å². The summed E-state index contributed by atoms with van der Waals surface area (Å²) in [5.41, 5.74) is -1.22. The van der Waals surface area contributed by atoms with Crippen molar-refractivity contribution in [2.45, 2.75) is 58.5 Å². The highest BCUT2D eigenvalue weighted by molar-refractivity contribution is 5.95. The van der Waals surface area contributed by atoms with Crippen LogP contribution in [0, 0.1) is 0 Å². The first kappa shape index (κ1) is 13.4. The molecule has 0 aromatic carbocycles. The molecule has 0 saturated carbocycles. The number of hydrogen-bond acceptors (Lipinski definition) is 2. The van der Waals surface area contributed by atoms with Crippen LogP contribution >= 0.6 is 0 Å². The minimum Gasteiger partial charge on any atom is -0.382 e. The van der Waals surface area contributed by atoms with Crippen LogP contribution < -0.4 is 0 Å². The van der Waals surface area contributed by atoms with Crippen LogP contribution in [0.3, 0.4) is 0 Å². The Morgan fingerprint density at radius 1 is 1.29 bits per heavy atom. The number of ketones is 1. The molecule has 0 radical (unpaired) electrons. The molecule has 14 heavy (non-hydrogen) atoms. The van der Waals surface area contributed by atoms with E-state index in [4.69, 9.17) is 0 Å². The molecule has 0 aliphatic carbocycles. The third-order valence-corrected chi connectivity index (χ3v) is 2.10. The van der Waals surface area contributed by atoms with Crippen LogP contribution in [0.4, 0.5) is 0 Å². The fourth-order valence-corrected chi connectivity index (χ4v) is 1.08. The van der Waals surface area contributed by atoms with E-state index < -0.39 is 5.60 Å². The van der Waals surface area contributed by atoms with E-state index >= 15 is 0 Å². The summed E-state index contributed by atoms with van der Waals surface area (Å²) in [5.74, 6) is -0.215. The van der Waals surface area contributed by atoms with Crippen molar-refractivity contribution in [3.8, 4) is 0 Å². The number of aliphatic hydroxyl groups is 1. The Balaban J connectivity index is 3.58. The molecule has 0 aliphatic rings. The molecule has 0 aromatic heterocycles. The third-order valence-electron chi connectivity index (χ3n) is 2.10. The number of rotatable bonds is 7. The predicted molar refractivity (Wildman–Crippen MR) is 59.2 cm³/mol. The van der Waals surface area contributed by atoms with Gasteiger partial charge in [0, 0.05) is 0 Å². The quantitative estimate of drug-likeness (QED) is 0.504. The molecule has 82 valence electrons. The molecule has 0 heterocycles. The molecule has 0 rings (SSSR count). The standard InChI is InChI=1S/C12H22O2/c1-4-5-6-7-8-9-10-11(13)12(2,3)14/h9-10,14H,4-8H2,1-3H3/b10-9+. The molecule has 0 amide bonds.